The van der Waals surface area contributed by atoms with E-state index in [1.807, 2.05) is 12.1 Å². The molecule has 1 aromatic heterocycles. The molecule has 0 saturated heterocycles. The molecule has 1 heterocycles. The molecule has 0 bridgehead atoms. The maximum Gasteiger partial charge on any atom is 0.136 e. The van der Waals surface area contributed by atoms with Gasteiger partial charge in [-0.15, -0.1) is 0 Å². The first-order valence-corrected chi connectivity index (χ1v) is 18.4. The molecule has 0 fully saturated rings. The molecular formula is C52H35NO. The number of rotatable bonds is 7. The van der Waals surface area contributed by atoms with Gasteiger partial charge in [0.15, 0.2) is 0 Å². The lowest BCUT2D eigenvalue weighted by Gasteiger charge is -2.27. The SMILES string of the molecule is c1ccc(-c2cc(-c3ccccc3)cc(N(c3ccc(-c4ccc5ccccc5c4)cc3)c3cccc(-c4cccc5oc6ccccc6c45)c3)c2)cc1. The van der Waals surface area contributed by atoms with Crippen LogP contribution >= 0.6 is 0 Å². The van der Waals surface area contributed by atoms with Crippen LogP contribution in [-0.4, -0.2) is 0 Å². The van der Waals surface area contributed by atoms with Crippen molar-refractivity contribution >= 4 is 49.8 Å². The topological polar surface area (TPSA) is 16.4 Å². The Morgan fingerprint density at radius 1 is 0.296 bits per heavy atom. The van der Waals surface area contributed by atoms with Crippen molar-refractivity contribution in [2.75, 3.05) is 4.90 Å². The fourth-order valence-corrected chi connectivity index (χ4v) is 7.78. The van der Waals surface area contributed by atoms with Crippen molar-refractivity contribution < 1.29 is 4.42 Å². The Bertz CT molecular complexity index is 2870. The van der Waals surface area contributed by atoms with E-state index in [0.29, 0.717) is 0 Å². The van der Waals surface area contributed by atoms with Crippen LogP contribution in [0.15, 0.2) is 217 Å². The Kier molecular flexibility index (Phi) is 7.85. The molecule has 10 rings (SSSR count). The van der Waals surface area contributed by atoms with Gasteiger partial charge < -0.3 is 9.32 Å². The summed E-state index contributed by atoms with van der Waals surface area (Å²) in [4.78, 5) is 2.39. The quantitative estimate of drug-likeness (QED) is 0.166. The van der Waals surface area contributed by atoms with Gasteiger partial charge in [0.1, 0.15) is 11.2 Å². The lowest BCUT2D eigenvalue weighted by atomic mass is 9.96. The predicted molar refractivity (Wildman–Crippen MR) is 228 cm³/mol. The van der Waals surface area contributed by atoms with Gasteiger partial charge in [0.05, 0.1) is 0 Å². The van der Waals surface area contributed by atoms with Crippen molar-refractivity contribution in [1.82, 2.24) is 0 Å². The average Bonchev–Trinajstić information content (AvgIpc) is 3.64. The van der Waals surface area contributed by atoms with Crippen LogP contribution < -0.4 is 4.90 Å². The van der Waals surface area contributed by atoms with Crippen LogP contribution in [0, 0.1) is 0 Å². The van der Waals surface area contributed by atoms with Crippen molar-refractivity contribution in [2.24, 2.45) is 0 Å². The second-order valence-electron chi connectivity index (χ2n) is 13.8. The second kappa shape index (κ2) is 13.4. The minimum atomic E-state index is 0.892. The summed E-state index contributed by atoms with van der Waals surface area (Å²) in [6, 6.07) is 76.0. The summed E-state index contributed by atoms with van der Waals surface area (Å²) in [5, 5.41) is 4.74. The average molecular weight is 690 g/mol. The lowest BCUT2D eigenvalue weighted by Crippen LogP contribution is -2.10. The van der Waals surface area contributed by atoms with Gasteiger partial charge in [-0.05, 0) is 116 Å². The van der Waals surface area contributed by atoms with E-state index in [1.54, 1.807) is 0 Å². The smallest absolute Gasteiger partial charge is 0.136 e. The number of hydrogen-bond acceptors (Lipinski definition) is 2. The van der Waals surface area contributed by atoms with Crippen LogP contribution in [0.25, 0.3) is 77.2 Å². The zero-order valence-corrected chi connectivity index (χ0v) is 29.6. The summed E-state index contributed by atoms with van der Waals surface area (Å²) in [6.07, 6.45) is 0. The van der Waals surface area contributed by atoms with Gasteiger partial charge in [-0.3, -0.25) is 0 Å². The molecule has 2 heteroatoms. The molecule has 0 atom stereocenters. The highest BCUT2D eigenvalue weighted by Gasteiger charge is 2.18. The fraction of sp³-hybridized carbons (Fsp3) is 0. The molecule has 0 aliphatic carbocycles. The monoisotopic (exact) mass is 689 g/mol. The molecule has 2 nitrogen and oxygen atoms in total. The van der Waals surface area contributed by atoms with Crippen LogP contribution in [0.4, 0.5) is 17.1 Å². The van der Waals surface area contributed by atoms with E-state index in [0.717, 1.165) is 61.3 Å². The molecule has 0 aliphatic rings. The summed E-state index contributed by atoms with van der Waals surface area (Å²) < 4.78 is 6.30. The van der Waals surface area contributed by atoms with Crippen molar-refractivity contribution in [2.45, 2.75) is 0 Å². The second-order valence-corrected chi connectivity index (χ2v) is 13.8. The van der Waals surface area contributed by atoms with Gasteiger partial charge in [0, 0.05) is 27.8 Å². The Balaban J connectivity index is 1.16. The highest BCUT2D eigenvalue weighted by molar-refractivity contribution is 6.12. The van der Waals surface area contributed by atoms with E-state index < -0.39 is 0 Å². The summed E-state index contributed by atoms with van der Waals surface area (Å²) in [5.41, 5.74) is 14.4. The molecule has 254 valence electrons. The third-order valence-corrected chi connectivity index (χ3v) is 10.4. The van der Waals surface area contributed by atoms with E-state index in [1.165, 1.54) is 33.0 Å². The highest BCUT2D eigenvalue weighted by Crippen LogP contribution is 2.43. The van der Waals surface area contributed by atoms with Gasteiger partial charge in [0.25, 0.3) is 0 Å². The molecule has 0 aliphatic heterocycles. The number of furan rings is 1. The third kappa shape index (κ3) is 5.81. The fourth-order valence-electron chi connectivity index (χ4n) is 7.78. The molecule has 54 heavy (non-hydrogen) atoms. The van der Waals surface area contributed by atoms with Crippen molar-refractivity contribution in [1.29, 1.82) is 0 Å². The van der Waals surface area contributed by atoms with Gasteiger partial charge in [-0.1, -0.05) is 152 Å². The molecule has 0 amide bonds. The Morgan fingerprint density at radius 3 is 1.63 bits per heavy atom. The summed E-state index contributed by atoms with van der Waals surface area (Å²) in [5.74, 6) is 0. The number of nitrogens with zero attached hydrogens (tertiary/aromatic N) is 1. The third-order valence-electron chi connectivity index (χ3n) is 10.4. The Labute approximate surface area is 314 Å². The largest absolute Gasteiger partial charge is 0.456 e. The Morgan fingerprint density at radius 2 is 0.870 bits per heavy atom. The van der Waals surface area contributed by atoms with E-state index >= 15 is 0 Å². The summed E-state index contributed by atoms with van der Waals surface area (Å²) in [7, 11) is 0. The molecule has 0 unspecified atom stereocenters. The lowest BCUT2D eigenvalue weighted by molar-refractivity contribution is 0.669. The standard InChI is InChI=1S/C52H35NO/c1-3-13-36(14-4-1)43-32-44(37-15-5-2-6-16-37)35-47(34-43)53(45-29-27-39(28-30-45)41-26-25-38-17-7-8-18-40(38)31-41)46-20-11-19-42(33-46)48-22-12-24-51-52(48)49-21-9-10-23-50(49)54-51/h1-35H. The summed E-state index contributed by atoms with van der Waals surface area (Å²) >= 11 is 0. The van der Waals surface area contributed by atoms with E-state index in [2.05, 4.69) is 205 Å². The van der Waals surface area contributed by atoms with Crippen LogP contribution in [0.5, 0.6) is 0 Å². The minimum Gasteiger partial charge on any atom is -0.456 e. The first kappa shape index (κ1) is 31.6. The van der Waals surface area contributed by atoms with Crippen LogP contribution in [0.1, 0.15) is 0 Å². The molecule has 0 spiro atoms. The van der Waals surface area contributed by atoms with Crippen molar-refractivity contribution in [3.63, 3.8) is 0 Å². The first-order valence-electron chi connectivity index (χ1n) is 18.4. The molecule has 9 aromatic carbocycles. The van der Waals surface area contributed by atoms with Crippen molar-refractivity contribution in [3.05, 3.63) is 212 Å². The predicted octanol–water partition coefficient (Wildman–Crippen LogP) is 14.9. The van der Waals surface area contributed by atoms with Gasteiger partial charge in [-0.2, -0.15) is 0 Å². The van der Waals surface area contributed by atoms with Crippen LogP contribution in [0.2, 0.25) is 0 Å². The number of benzene rings is 9. The minimum absolute atomic E-state index is 0.892. The van der Waals surface area contributed by atoms with Crippen LogP contribution in [-0.2, 0) is 0 Å². The van der Waals surface area contributed by atoms with E-state index in [-0.39, 0.29) is 0 Å². The number of hydrogen-bond donors (Lipinski definition) is 0. The van der Waals surface area contributed by atoms with Gasteiger partial charge in [-0.25, -0.2) is 0 Å². The summed E-state index contributed by atoms with van der Waals surface area (Å²) in [6.45, 7) is 0. The van der Waals surface area contributed by atoms with Gasteiger partial charge >= 0.3 is 0 Å². The number of fused-ring (bicyclic) bond motifs is 4. The van der Waals surface area contributed by atoms with Crippen molar-refractivity contribution in [3.8, 4) is 44.5 Å². The maximum atomic E-state index is 6.30. The van der Waals surface area contributed by atoms with E-state index in [9.17, 15) is 0 Å². The molecule has 0 radical (unpaired) electrons. The number of para-hydroxylation sites is 1. The first-order chi connectivity index (χ1) is 26.7. The molecule has 10 aromatic rings. The molecular weight excluding hydrogens is 655 g/mol. The Hall–Kier alpha value is -7.16. The normalized spacial score (nSPS) is 11.3. The molecule has 0 saturated carbocycles. The zero-order valence-electron chi connectivity index (χ0n) is 29.6. The highest BCUT2D eigenvalue weighted by atomic mass is 16.3. The van der Waals surface area contributed by atoms with E-state index in [4.69, 9.17) is 4.42 Å². The molecule has 0 N–H and O–H groups in total. The zero-order chi connectivity index (χ0) is 35.8. The maximum absolute atomic E-state index is 6.30. The van der Waals surface area contributed by atoms with Gasteiger partial charge in [0.2, 0.25) is 0 Å². The van der Waals surface area contributed by atoms with Crippen LogP contribution in [0.3, 0.4) is 0 Å². The number of anilines is 3.